The first-order valence-corrected chi connectivity index (χ1v) is 9.71. The van der Waals surface area contributed by atoms with Gasteiger partial charge in [-0.05, 0) is 30.5 Å². The van der Waals surface area contributed by atoms with Crippen LogP contribution >= 0.6 is 0 Å². The molecule has 10 heteroatoms. The van der Waals surface area contributed by atoms with Gasteiger partial charge in [-0.3, -0.25) is 0 Å². The van der Waals surface area contributed by atoms with Crippen LogP contribution in [-0.4, -0.2) is 40.8 Å². The first-order chi connectivity index (χ1) is 10.7. The summed E-state index contributed by atoms with van der Waals surface area (Å²) in [6, 6.07) is 2.23. The molecule has 0 unspecified atom stereocenters. The van der Waals surface area contributed by atoms with E-state index in [-0.39, 0.29) is 25.6 Å². The predicted molar refractivity (Wildman–Crippen MR) is 80.3 cm³/mol. The monoisotopic (exact) mass is 366 g/mol. The molecule has 0 saturated carbocycles. The highest BCUT2D eigenvalue weighted by molar-refractivity contribution is 7.92. The Morgan fingerprint density at radius 3 is 2.65 bits per heavy atom. The van der Waals surface area contributed by atoms with E-state index in [1.54, 1.807) is 0 Å². The number of nitrogens with one attached hydrogen (secondary N) is 1. The van der Waals surface area contributed by atoms with Crippen LogP contribution in [0.3, 0.4) is 0 Å². The first kappa shape index (κ1) is 18.0. The third-order valence-electron chi connectivity index (χ3n) is 3.55. The fourth-order valence-electron chi connectivity index (χ4n) is 2.29. The molecule has 1 aliphatic heterocycles. The van der Waals surface area contributed by atoms with Crippen molar-refractivity contribution in [1.82, 2.24) is 9.03 Å². The molecule has 6 nitrogen and oxygen atoms in total. The van der Waals surface area contributed by atoms with Gasteiger partial charge in [-0.2, -0.15) is 4.31 Å². The summed E-state index contributed by atoms with van der Waals surface area (Å²) in [7, 11) is -7.75. The Kier molecular flexibility index (Phi) is 5.19. The van der Waals surface area contributed by atoms with Crippen molar-refractivity contribution in [3.63, 3.8) is 0 Å². The van der Waals surface area contributed by atoms with Crippen LogP contribution in [0.15, 0.2) is 35.1 Å². The molecule has 1 N–H and O–H groups in total. The number of hydrogen-bond acceptors (Lipinski definition) is 4. The molecule has 1 aromatic rings. The Bertz CT molecular complexity index is 809. The molecule has 0 radical (unpaired) electrons. The van der Waals surface area contributed by atoms with Gasteiger partial charge in [0.25, 0.3) is 0 Å². The van der Waals surface area contributed by atoms with Crippen LogP contribution in [0.2, 0.25) is 0 Å². The lowest BCUT2D eigenvalue weighted by Gasteiger charge is -2.17. The van der Waals surface area contributed by atoms with E-state index in [1.807, 2.05) is 0 Å². The van der Waals surface area contributed by atoms with E-state index in [9.17, 15) is 25.6 Å². The van der Waals surface area contributed by atoms with Crippen LogP contribution in [0.4, 0.5) is 8.78 Å². The third kappa shape index (κ3) is 4.14. The quantitative estimate of drug-likeness (QED) is 0.815. The largest absolute Gasteiger partial charge is 0.246 e. The van der Waals surface area contributed by atoms with Crippen LogP contribution in [0.5, 0.6) is 0 Å². The lowest BCUT2D eigenvalue weighted by molar-refractivity contribution is 0.448. The Hall–Kier alpha value is -1.36. The topological polar surface area (TPSA) is 83.6 Å². The van der Waals surface area contributed by atoms with Gasteiger partial charge in [-0.15, -0.1) is 0 Å². The van der Waals surface area contributed by atoms with E-state index < -0.39 is 36.6 Å². The number of halogens is 2. The molecule has 1 saturated heterocycles. The highest BCUT2D eigenvalue weighted by Gasteiger charge is 2.34. The Balaban J connectivity index is 2.11. The minimum absolute atomic E-state index is 0.0257. The number of sulfonamides is 2. The van der Waals surface area contributed by atoms with Crippen LogP contribution in [-0.2, 0) is 20.0 Å². The van der Waals surface area contributed by atoms with Gasteiger partial charge in [0.2, 0.25) is 20.0 Å². The van der Waals surface area contributed by atoms with Crippen molar-refractivity contribution in [1.29, 1.82) is 0 Å². The average molecular weight is 366 g/mol. The number of hydrogen-bond donors (Lipinski definition) is 1. The second-order valence-corrected chi connectivity index (χ2v) is 8.77. The van der Waals surface area contributed by atoms with Crippen molar-refractivity contribution >= 4 is 20.0 Å². The van der Waals surface area contributed by atoms with E-state index in [0.717, 1.165) is 21.8 Å². The van der Waals surface area contributed by atoms with Crippen LogP contribution in [0.25, 0.3) is 0 Å². The van der Waals surface area contributed by atoms with Crippen LogP contribution < -0.4 is 4.72 Å². The van der Waals surface area contributed by atoms with E-state index in [2.05, 4.69) is 11.3 Å². The molecule has 2 rings (SSSR count). The summed E-state index contributed by atoms with van der Waals surface area (Å²) in [6.07, 6.45) is 0.413. The molecule has 1 aliphatic rings. The van der Waals surface area contributed by atoms with Crippen molar-refractivity contribution in [2.75, 3.05) is 19.6 Å². The molecular formula is C13H16F2N2O4S2. The van der Waals surface area contributed by atoms with E-state index in [1.165, 1.54) is 0 Å². The molecule has 1 aromatic carbocycles. The number of nitrogens with zero attached hydrogens (tertiary/aromatic N) is 1. The van der Waals surface area contributed by atoms with Gasteiger partial charge < -0.3 is 0 Å². The van der Waals surface area contributed by atoms with Gasteiger partial charge in [0, 0.05) is 25.0 Å². The standard InChI is InChI=1S/C13H16F2N2O4S2/c1-2-22(18,19)16-8-10-5-6-17(9-10)23(20,21)13-7-11(14)3-4-12(13)15/h2-4,7,10,16H,1,5-6,8-9H2/t10-/m1/s1. The van der Waals surface area contributed by atoms with Crippen molar-refractivity contribution in [3.05, 3.63) is 41.8 Å². The fourth-order valence-corrected chi connectivity index (χ4v) is 4.48. The molecule has 23 heavy (non-hydrogen) atoms. The average Bonchev–Trinajstić information content (AvgIpc) is 2.97. The molecule has 0 aromatic heterocycles. The Labute approximate surface area is 133 Å². The first-order valence-electron chi connectivity index (χ1n) is 6.73. The maximum Gasteiger partial charge on any atom is 0.246 e. The summed E-state index contributed by atoms with van der Waals surface area (Å²) in [6.45, 7) is 3.34. The third-order valence-corrected chi connectivity index (χ3v) is 6.44. The van der Waals surface area contributed by atoms with E-state index >= 15 is 0 Å². The molecule has 0 spiro atoms. The lowest BCUT2D eigenvalue weighted by atomic mass is 10.1. The Morgan fingerprint density at radius 1 is 1.30 bits per heavy atom. The minimum Gasteiger partial charge on any atom is -0.211 e. The van der Waals surface area contributed by atoms with Gasteiger partial charge in [-0.1, -0.05) is 6.58 Å². The van der Waals surface area contributed by atoms with Gasteiger partial charge >= 0.3 is 0 Å². The zero-order chi connectivity index (χ0) is 17.3. The Morgan fingerprint density at radius 2 is 2.00 bits per heavy atom. The predicted octanol–water partition coefficient (Wildman–Crippen LogP) is 1.04. The van der Waals surface area contributed by atoms with E-state index in [0.29, 0.717) is 12.5 Å². The highest BCUT2D eigenvalue weighted by atomic mass is 32.2. The smallest absolute Gasteiger partial charge is 0.211 e. The molecule has 1 fully saturated rings. The molecule has 128 valence electrons. The summed E-state index contributed by atoms with van der Waals surface area (Å²) in [5, 5.41) is 0.762. The second-order valence-electron chi connectivity index (χ2n) is 5.15. The van der Waals surface area contributed by atoms with Gasteiger partial charge in [-0.25, -0.2) is 30.3 Å². The maximum atomic E-state index is 13.7. The van der Waals surface area contributed by atoms with Gasteiger partial charge in [0.1, 0.15) is 16.5 Å². The zero-order valence-corrected chi connectivity index (χ0v) is 13.7. The molecule has 1 heterocycles. The van der Waals surface area contributed by atoms with Crippen molar-refractivity contribution in [2.24, 2.45) is 5.92 Å². The normalized spacial score (nSPS) is 19.8. The molecule has 0 aliphatic carbocycles. The van der Waals surface area contributed by atoms with Crippen molar-refractivity contribution in [2.45, 2.75) is 11.3 Å². The lowest BCUT2D eigenvalue weighted by Crippen LogP contribution is -2.32. The minimum atomic E-state index is -4.16. The van der Waals surface area contributed by atoms with Crippen molar-refractivity contribution in [3.8, 4) is 0 Å². The highest BCUT2D eigenvalue weighted by Crippen LogP contribution is 2.26. The van der Waals surface area contributed by atoms with E-state index in [4.69, 9.17) is 0 Å². The number of rotatable bonds is 6. The molecular weight excluding hydrogens is 350 g/mol. The zero-order valence-electron chi connectivity index (χ0n) is 12.1. The summed E-state index contributed by atoms with van der Waals surface area (Å²) in [4.78, 5) is -0.718. The number of benzene rings is 1. The molecule has 0 amide bonds. The van der Waals surface area contributed by atoms with Crippen molar-refractivity contribution < 1.29 is 25.6 Å². The fraction of sp³-hybridized carbons (Fsp3) is 0.385. The summed E-state index contributed by atoms with van der Waals surface area (Å²) in [5.41, 5.74) is 0. The summed E-state index contributed by atoms with van der Waals surface area (Å²) < 4.78 is 77.5. The molecule has 1 atom stereocenters. The summed E-state index contributed by atoms with van der Waals surface area (Å²) in [5.74, 6) is -2.13. The molecule has 0 bridgehead atoms. The van der Waals surface area contributed by atoms with Gasteiger partial charge in [0.05, 0.1) is 0 Å². The SMILES string of the molecule is C=CS(=O)(=O)NC[C@H]1CCN(S(=O)(=O)c2cc(F)ccc2F)C1. The van der Waals surface area contributed by atoms with Gasteiger partial charge in [0.15, 0.2) is 0 Å². The maximum absolute atomic E-state index is 13.7. The van der Waals surface area contributed by atoms with Crippen LogP contribution in [0.1, 0.15) is 6.42 Å². The van der Waals surface area contributed by atoms with Crippen LogP contribution in [0, 0.1) is 17.6 Å². The summed E-state index contributed by atoms with van der Waals surface area (Å²) >= 11 is 0. The second kappa shape index (κ2) is 6.63.